The average Bonchev–Trinajstić information content (AvgIpc) is 2.39. The minimum Gasteiger partial charge on any atom is -0.447 e. The van der Waals surface area contributed by atoms with Gasteiger partial charge in [0.05, 0.1) is 0 Å². The quantitative estimate of drug-likeness (QED) is 0.477. The standard InChI is InChI=1S/C14H17NO4/c1-11(16)19-14(12-7-3-2-4-8-12)10-6-5-9-13(14)15(17)18/h2-4,7-8,13H,5-6,9-10H2,1H3/t13-,14+/m0/s1. The lowest BCUT2D eigenvalue weighted by molar-refractivity contribution is -0.551. The van der Waals surface area contributed by atoms with E-state index in [2.05, 4.69) is 0 Å². The molecule has 5 heteroatoms. The Morgan fingerprint density at radius 3 is 2.63 bits per heavy atom. The van der Waals surface area contributed by atoms with E-state index in [4.69, 9.17) is 4.74 Å². The van der Waals surface area contributed by atoms with Gasteiger partial charge in [-0.3, -0.25) is 14.9 Å². The maximum absolute atomic E-state index is 11.4. The summed E-state index contributed by atoms with van der Waals surface area (Å²) in [6, 6.07) is 8.19. The lowest BCUT2D eigenvalue weighted by atomic mass is 9.75. The molecule has 5 nitrogen and oxygen atoms in total. The first-order chi connectivity index (χ1) is 9.06. The van der Waals surface area contributed by atoms with Gasteiger partial charge in [-0.2, -0.15) is 0 Å². The number of esters is 1. The first kappa shape index (κ1) is 13.5. The molecule has 0 bridgehead atoms. The lowest BCUT2D eigenvalue weighted by Gasteiger charge is -2.38. The summed E-state index contributed by atoms with van der Waals surface area (Å²) in [4.78, 5) is 22.4. The van der Waals surface area contributed by atoms with Crippen LogP contribution >= 0.6 is 0 Å². The highest BCUT2D eigenvalue weighted by atomic mass is 16.6. The maximum atomic E-state index is 11.4. The van der Waals surface area contributed by atoms with E-state index in [9.17, 15) is 14.9 Å². The van der Waals surface area contributed by atoms with Crippen LogP contribution in [0.4, 0.5) is 0 Å². The highest BCUT2D eigenvalue weighted by molar-refractivity contribution is 5.67. The Morgan fingerprint density at radius 2 is 2.05 bits per heavy atom. The molecule has 0 aliphatic heterocycles. The number of hydrogen-bond donors (Lipinski definition) is 0. The molecule has 2 rings (SSSR count). The Kier molecular flexibility index (Phi) is 3.83. The molecular formula is C14H17NO4. The Labute approximate surface area is 111 Å². The topological polar surface area (TPSA) is 69.4 Å². The molecule has 0 amide bonds. The van der Waals surface area contributed by atoms with Crippen molar-refractivity contribution in [2.45, 2.75) is 44.2 Å². The molecule has 0 unspecified atom stereocenters. The first-order valence-corrected chi connectivity index (χ1v) is 6.45. The highest BCUT2D eigenvalue weighted by Gasteiger charge is 2.52. The molecule has 2 atom stereocenters. The molecule has 1 aliphatic rings. The van der Waals surface area contributed by atoms with Crippen molar-refractivity contribution in [3.63, 3.8) is 0 Å². The van der Waals surface area contributed by atoms with Gasteiger partial charge in [-0.25, -0.2) is 0 Å². The van der Waals surface area contributed by atoms with Crippen molar-refractivity contribution in [1.29, 1.82) is 0 Å². The van der Waals surface area contributed by atoms with Crippen LogP contribution < -0.4 is 0 Å². The van der Waals surface area contributed by atoms with Gasteiger partial charge in [0.15, 0.2) is 0 Å². The molecule has 1 aliphatic carbocycles. The molecule has 0 aromatic heterocycles. The molecule has 1 fully saturated rings. The van der Waals surface area contributed by atoms with Gasteiger partial charge in [0, 0.05) is 23.8 Å². The molecule has 0 saturated heterocycles. The van der Waals surface area contributed by atoms with Crippen LogP contribution in [-0.2, 0) is 15.1 Å². The van der Waals surface area contributed by atoms with Crippen LogP contribution in [0.1, 0.15) is 38.2 Å². The van der Waals surface area contributed by atoms with Crippen molar-refractivity contribution in [3.05, 3.63) is 46.0 Å². The van der Waals surface area contributed by atoms with E-state index in [0.29, 0.717) is 18.4 Å². The van der Waals surface area contributed by atoms with E-state index in [1.807, 2.05) is 18.2 Å². The van der Waals surface area contributed by atoms with Gasteiger partial charge in [0.2, 0.25) is 5.60 Å². The normalized spacial score (nSPS) is 26.7. The molecule has 1 saturated carbocycles. The zero-order valence-electron chi connectivity index (χ0n) is 10.9. The largest absolute Gasteiger partial charge is 0.447 e. The summed E-state index contributed by atoms with van der Waals surface area (Å²) in [6.45, 7) is 1.30. The molecule has 1 aromatic carbocycles. The van der Waals surface area contributed by atoms with E-state index < -0.39 is 17.6 Å². The van der Waals surface area contributed by atoms with Crippen molar-refractivity contribution in [2.24, 2.45) is 0 Å². The van der Waals surface area contributed by atoms with Crippen LogP contribution in [-0.4, -0.2) is 16.9 Å². The van der Waals surface area contributed by atoms with Gasteiger partial charge in [-0.1, -0.05) is 30.3 Å². The first-order valence-electron chi connectivity index (χ1n) is 6.45. The summed E-state index contributed by atoms with van der Waals surface area (Å²) in [7, 11) is 0. The Hall–Kier alpha value is -1.91. The van der Waals surface area contributed by atoms with Gasteiger partial charge >= 0.3 is 5.97 Å². The Balaban J connectivity index is 2.48. The van der Waals surface area contributed by atoms with E-state index in [0.717, 1.165) is 12.8 Å². The second-order valence-electron chi connectivity index (χ2n) is 4.90. The summed E-state index contributed by atoms with van der Waals surface area (Å²) in [5, 5.41) is 11.3. The fourth-order valence-electron chi connectivity index (χ4n) is 2.89. The molecule has 0 radical (unpaired) electrons. The molecule has 19 heavy (non-hydrogen) atoms. The van der Waals surface area contributed by atoms with Gasteiger partial charge < -0.3 is 4.74 Å². The van der Waals surface area contributed by atoms with Crippen LogP contribution in [0.3, 0.4) is 0 Å². The lowest BCUT2D eigenvalue weighted by Crippen LogP contribution is -2.49. The summed E-state index contributed by atoms with van der Waals surface area (Å²) in [5.74, 6) is -0.474. The predicted octanol–water partition coefficient (Wildman–Crippen LogP) is 2.66. The number of nitro groups is 1. The van der Waals surface area contributed by atoms with Crippen molar-refractivity contribution in [1.82, 2.24) is 0 Å². The number of nitrogens with zero attached hydrogens (tertiary/aromatic N) is 1. The van der Waals surface area contributed by atoms with Crippen molar-refractivity contribution in [2.75, 3.05) is 0 Å². The number of ether oxygens (including phenoxy) is 1. The van der Waals surface area contributed by atoms with Gasteiger partial charge in [-0.15, -0.1) is 0 Å². The van der Waals surface area contributed by atoms with Crippen LogP contribution in [0.25, 0.3) is 0 Å². The Bertz CT molecular complexity index is 474. The number of rotatable bonds is 3. The third-order valence-electron chi connectivity index (χ3n) is 3.66. The molecule has 0 spiro atoms. The number of hydrogen-bond acceptors (Lipinski definition) is 4. The molecular weight excluding hydrogens is 246 g/mol. The third-order valence-corrected chi connectivity index (χ3v) is 3.66. The van der Waals surface area contributed by atoms with Crippen LogP contribution in [0, 0.1) is 10.1 Å². The molecule has 0 N–H and O–H groups in total. The zero-order valence-corrected chi connectivity index (χ0v) is 10.9. The molecule has 1 aromatic rings. The third kappa shape index (κ3) is 2.59. The fourth-order valence-corrected chi connectivity index (χ4v) is 2.89. The fraction of sp³-hybridized carbons (Fsp3) is 0.500. The van der Waals surface area contributed by atoms with Crippen molar-refractivity contribution in [3.8, 4) is 0 Å². The smallest absolute Gasteiger partial charge is 0.303 e. The van der Waals surface area contributed by atoms with E-state index >= 15 is 0 Å². The van der Waals surface area contributed by atoms with Gasteiger partial charge in [-0.05, 0) is 19.3 Å². The van der Waals surface area contributed by atoms with Crippen molar-refractivity contribution < 1.29 is 14.5 Å². The summed E-state index contributed by atoms with van der Waals surface area (Å²) < 4.78 is 5.46. The zero-order chi connectivity index (χ0) is 13.9. The van der Waals surface area contributed by atoms with E-state index in [1.54, 1.807) is 12.1 Å². The number of carbonyl (C=O) groups excluding carboxylic acids is 1. The van der Waals surface area contributed by atoms with Crippen LogP contribution in [0.15, 0.2) is 30.3 Å². The minimum atomic E-state index is -1.12. The highest BCUT2D eigenvalue weighted by Crippen LogP contribution is 2.42. The van der Waals surface area contributed by atoms with E-state index in [-0.39, 0.29) is 4.92 Å². The Morgan fingerprint density at radius 1 is 1.37 bits per heavy atom. The SMILES string of the molecule is CC(=O)O[C@@]1(c2ccccc2)CCCC[C@@H]1[N+](=O)[O-]. The molecule has 102 valence electrons. The second kappa shape index (κ2) is 5.38. The summed E-state index contributed by atoms with van der Waals surface area (Å²) in [6.07, 6.45) is 2.56. The van der Waals surface area contributed by atoms with E-state index in [1.165, 1.54) is 6.92 Å². The second-order valence-corrected chi connectivity index (χ2v) is 4.90. The van der Waals surface area contributed by atoms with Crippen LogP contribution in [0.2, 0.25) is 0 Å². The molecule has 0 heterocycles. The van der Waals surface area contributed by atoms with Gasteiger partial charge in [0.25, 0.3) is 6.04 Å². The van der Waals surface area contributed by atoms with Gasteiger partial charge in [0.1, 0.15) is 0 Å². The van der Waals surface area contributed by atoms with Crippen molar-refractivity contribution >= 4 is 5.97 Å². The predicted molar refractivity (Wildman–Crippen MR) is 69.1 cm³/mol. The monoisotopic (exact) mass is 263 g/mol. The number of carbonyl (C=O) groups is 1. The maximum Gasteiger partial charge on any atom is 0.303 e. The minimum absolute atomic E-state index is 0.310. The summed E-state index contributed by atoms with van der Waals surface area (Å²) in [5.41, 5.74) is -0.402. The van der Waals surface area contributed by atoms with Crippen LogP contribution in [0.5, 0.6) is 0 Å². The number of benzene rings is 1. The summed E-state index contributed by atoms with van der Waals surface area (Å²) >= 11 is 0. The average molecular weight is 263 g/mol.